The van der Waals surface area contributed by atoms with Gasteiger partial charge in [0, 0.05) is 35.7 Å². The van der Waals surface area contributed by atoms with Gasteiger partial charge in [-0.25, -0.2) is 0 Å². The summed E-state index contributed by atoms with van der Waals surface area (Å²) < 4.78 is 2.28. The molecule has 2 aromatic rings. The molecule has 0 saturated heterocycles. The lowest BCUT2D eigenvalue weighted by Gasteiger charge is -2.16. The summed E-state index contributed by atoms with van der Waals surface area (Å²) in [5.74, 6) is 0. The lowest BCUT2D eigenvalue weighted by molar-refractivity contribution is 0.504. The molecule has 0 radical (unpaired) electrons. The number of nitriles is 1. The van der Waals surface area contributed by atoms with Crippen LogP contribution < -0.4 is 5.32 Å². The van der Waals surface area contributed by atoms with Gasteiger partial charge in [0.1, 0.15) is 0 Å². The van der Waals surface area contributed by atoms with Gasteiger partial charge in [-0.1, -0.05) is 0 Å². The fourth-order valence-electron chi connectivity index (χ4n) is 2.34. The summed E-state index contributed by atoms with van der Waals surface area (Å²) >= 11 is 0. The number of hydrogen-bond donors (Lipinski definition) is 1. The van der Waals surface area contributed by atoms with E-state index in [1.165, 1.54) is 18.4 Å². The quantitative estimate of drug-likeness (QED) is 0.891. The van der Waals surface area contributed by atoms with E-state index in [0.29, 0.717) is 6.04 Å². The Bertz CT molecular complexity index is 602. The van der Waals surface area contributed by atoms with E-state index in [1.54, 1.807) is 0 Å². The molecular weight excluding hydrogens is 222 g/mol. The third-order valence-corrected chi connectivity index (χ3v) is 3.60. The Morgan fingerprint density at radius 2 is 2.28 bits per heavy atom. The zero-order chi connectivity index (χ0) is 12.5. The van der Waals surface area contributed by atoms with E-state index in [9.17, 15) is 0 Å². The summed E-state index contributed by atoms with van der Waals surface area (Å²) in [5.41, 5.74) is 1.93. The lowest BCUT2D eigenvalue weighted by Crippen LogP contribution is -2.24. The standard InChI is InChI=1S/C15H17N3/c1-11(10-17-14-3-4-14)18-7-6-13-8-12(9-16)2-5-15(13)18/h2,5-8,11,14,17H,3-4,10H2,1H3. The Hall–Kier alpha value is -1.79. The average Bonchev–Trinajstić information content (AvgIpc) is 3.13. The number of fused-ring (bicyclic) bond motifs is 1. The molecular formula is C15H17N3. The number of nitrogens with one attached hydrogen (secondary N) is 1. The number of hydrogen-bond acceptors (Lipinski definition) is 2. The highest BCUT2D eigenvalue weighted by Crippen LogP contribution is 2.23. The van der Waals surface area contributed by atoms with Crippen LogP contribution in [0.5, 0.6) is 0 Å². The molecule has 3 heteroatoms. The Kier molecular flexibility index (Phi) is 2.81. The molecule has 0 spiro atoms. The van der Waals surface area contributed by atoms with E-state index >= 15 is 0 Å². The second-order valence-electron chi connectivity index (χ2n) is 5.14. The van der Waals surface area contributed by atoms with Crippen LogP contribution in [-0.2, 0) is 0 Å². The highest BCUT2D eigenvalue weighted by atomic mass is 15.1. The molecule has 1 N–H and O–H groups in total. The lowest BCUT2D eigenvalue weighted by atomic mass is 10.2. The molecule has 0 aliphatic heterocycles. The number of nitrogens with zero attached hydrogens (tertiary/aromatic N) is 2. The molecule has 1 fully saturated rings. The fraction of sp³-hybridized carbons (Fsp3) is 0.400. The minimum atomic E-state index is 0.441. The van der Waals surface area contributed by atoms with Crippen molar-refractivity contribution < 1.29 is 0 Å². The smallest absolute Gasteiger partial charge is 0.0991 e. The number of benzene rings is 1. The van der Waals surface area contributed by atoms with Crippen LogP contribution in [0, 0.1) is 11.3 Å². The molecule has 0 bridgehead atoms. The van der Waals surface area contributed by atoms with Gasteiger partial charge in [-0.3, -0.25) is 0 Å². The van der Waals surface area contributed by atoms with E-state index in [1.807, 2.05) is 18.2 Å². The van der Waals surface area contributed by atoms with Gasteiger partial charge in [-0.15, -0.1) is 0 Å². The van der Waals surface area contributed by atoms with Gasteiger partial charge in [0.2, 0.25) is 0 Å². The van der Waals surface area contributed by atoms with Crippen LogP contribution in [0.4, 0.5) is 0 Å². The first-order valence-electron chi connectivity index (χ1n) is 6.52. The predicted octanol–water partition coefficient (Wildman–Crippen LogP) is 2.83. The first-order valence-corrected chi connectivity index (χ1v) is 6.52. The summed E-state index contributed by atoms with van der Waals surface area (Å²) in [7, 11) is 0. The number of aromatic nitrogens is 1. The average molecular weight is 239 g/mol. The van der Waals surface area contributed by atoms with Crippen molar-refractivity contribution in [2.24, 2.45) is 0 Å². The van der Waals surface area contributed by atoms with Gasteiger partial charge in [0.05, 0.1) is 11.6 Å². The zero-order valence-electron chi connectivity index (χ0n) is 10.6. The van der Waals surface area contributed by atoms with Gasteiger partial charge in [0.25, 0.3) is 0 Å². The van der Waals surface area contributed by atoms with Gasteiger partial charge in [-0.05, 0) is 44.0 Å². The monoisotopic (exact) mass is 239 g/mol. The van der Waals surface area contributed by atoms with Crippen molar-refractivity contribution in [3.05, 3.63) is 36.0 Å². The first-order chi connectivity index (χ1) is 8.78. The third-order valence-electron chi connectivity index (χ3n) is 3.60. The maximum atomic E-state index is 8.90. The van der Waals surface area contributed by atoms with Crippen LogP contribution in [0.2, 0.25) is 0 Å². The Balaban J connectivity index is 1.84. The van der Waals surface area contributed by atoms with Crippen molar-refractivity contribution in [2.45, 2.75) is 31.8 Å². The molecule has 1 saturated carbocycles. The highest BCUT2D eigenvalue weighted by molar-refractivity contribution is 5.81. The van der Waals surface area contributed by atoms with E-state index < -0.39 is 0 Å². The Labute approximate surface area is 107 Å². The normalized spacial score (nSPS) is 16.7. The largest absolute Gasteiger partial charge is 0.343 e. The van der Waals surface area contributed by atoms with Crippen molar-refractivity contribution in [3.63, 3.8) is 0 Å². The summed E-state index contributed by atoms with van der Waals surface area (Å²) in [4.78, 5) is 0. The molecule has 1 atom stereocenters. The summed E-state index contributed by atoms with van der Waals surface area (Å²) in [5, 5.41) is 13.6. The van der Waals surface area contributed by atoms with E-state index in [-0.39, 0.29) is 0 Å². The number of rotatable bonds is 4. The fourth-order valence-corrected chi connectivity index (χ4v) is 2.34. The Morgan fingerprint density at radius 1 is 1.44 bits per heavy atom. The minimum Gasteiger partial charge on any atom is -0.343 e. The molecule has 1 aliphatic rings. The second kappa shape index (κ2) is 4.47. The van der Waals surface area contributed by atoms with Crippen LogP contribution in [0.15, 0.2) is 30.5 Å². The van der Waals surface area contributed by atoms with Crippen LogP contribution >= 0.6 is 0 Å². The van der Waals surface area contributed by atoms with Gasteiger partial charge in [-0.2, -0.15) is 5.26 Å². The SMILES string of the molecule is CC(CNC1CC1)n1ccc2cc(C#N)ccc21. The van der Waals surface area contributed by atoms with Crippen LogP contribution in [0.1, 0.15) is 31.4 Å². The van der Waals surface area contributed by atoms with E-state index in [4.69, 9.17) is 5.26 Å². The molecule has 1 unspecified atom stereocenters. The van der Waals surface area contributed by atoms with Crippen molar-refractivity contribution in [1.29, 1.82) is 5.26 Å². The van der Waals surface area contributed by atoms with Gasteiger partial charge < -0.3 is 9.88 Å². The van der Waals surface area contributed by atoms with Gasteiger partial charge in [0.15, 0.2) is 0 Å². The predicted molar refractivity (Wildman–Crippen MR) is 72.4 cm³/mol. The summed E-state index contributed by atoms with van der Waals surface area (Å²) in [6, 6.07) is 11.3. The molecule has 1 heterocycles. The minimum absolute atomic E-state index is 0.441. The topological polar surface area (TPSA) is 40.8 Å². The van der Waals surface area contributed by atoms with Crippen molar-refractivity contribution in [2.75, 3.05) is 6.54 Å². The summed E-state index contributed by atoms with van der Waals surface area (Å²) in [6.07, 6.45) is 4.76. The third kappa shape index (κ3) is 2.12. The zero-order valence-corrected chi connectivity index (χ0v) is 10.6. The van der Waals surface area contributed by atoms with Crippen LogP contribution in [0.3, 0.4) is 0 Å². The molecule has 1 aromatic carbocycles. The first kappa shape index (κ1) is 11.3. The van der Waals surface area contributed by atoms with Crippen LogP contribution in [0.25, 0.3) is 10.9 Å². The van der Waals surface area contributed by atoms with Crippen LogP contribution in [-0.4, -0.2) is 17.2 Å². The molecule has 1 aromatic heterocycles. The summed E-state index contributed by atoms with van der Waals surface area (Å²) in [6.45, 7) is 3.24. The van der Waals surface area contributed by atoms with Gasteiger partial charge >= 0.3 is 0 Å². The Morgan fingerprint density at radius 3 is 3.00 bits per heavy atom. The molecule has 3 rings (SSSR count). The maximum absolute atomic E-state index is 8.90. The molecule has 18 heavy (non-hydrogen) atoms. The van der Waals surface area contributed by atoms with E-state index in [2.05, 4.69) is 35.1 Å². The molecule has 1 aliphatic carbocycles. The van der Waals surface area contributed by atoms with Crippen molar-refractivity contribution in [3.8, 4) is 6.07 Å². The van der Waals surface area contributed by atoms with Crippen molar-refractivity contribution in [1.82, 2.24) is 9.88 Å². The highest BCUT2D eigenvalue weighted by Gasteiger charge is 2.21. The van der Waals surface area contributed by atoms with Crippen molar-refractivity contribution >= 4 is 10.9 Å². The molecule has 0 amide bonds. The van der Waals surface area contributed by atoms with E-state index in [0.717, 1.165) is 23.5 Å². The second-order valence-corrected chi connectivity index (χ2v) is 5.14. The molecule has 3 nitrogen and oxygen atoms in total. The molecule has 92 valence electrons. The maximum Gasteiger partial charge on any atom is 0.0991 e.